The van der Waals surface area contributed by atoms with E-state index in [2.05, 4.69) is 9.71 Å². The summed E-state index contributed by atoms with van der Waals surface area (Å²) in [6.07, 6.45) is 3.89. The first kappa shape index (κ1) is 15.6. The molecule has 0 aliphatic heterocycles. The zero-order chi connectivity index (χ0) is 16.7. The number of rotatable bonds is 4. The predicted octanol–water partition coefficient (Wildman–Crippen LogP) is 4.58. The van der Waals surface area contributed by atoms with Gasteiger partial charge in [0.05, 0.1) is 10.0 Å². The molecule has 0 unspecified atom stereocenters. The lowest BCUT2D eigenvalue weighted by molar-refractivity contribution is 0.603. The van der Waals surface area contributed by atoms with E-state index in [1.807, 2.05) is 34.3 Å². The highest BCUT2D eigenvalue weighted by molar-refractivity contribution is 7.94. The van der Waals surface area contributed by atoms with Crippen LogP contribution in [-0.2, 0) is 10.0 Å². The summed E-state index contributed by atoms with van der Waals surface area (Å²) in [4.78, 5) is 5.45. The van der Waals surface area contributed by atoms with Gasteiger partial charge in [-0.2, -0.15) is 0 Å². The third-order valence-corrected chi connectivity index (χ3v) is 7.21. The van der Waals surface area contributed by atoms with E-state index >= 15 is 0 Å². The summed E-state index contributed by atoms with van der Waals surface area (Å²) in [5, 5.41) is 1.97. The van der Waals surface area contributed by atoms with Crippen LogP contribution in [0, 0.1) is 0 Å². The topological polar surface area (TPSA) is 63.5 Å². The van der Waals surface area contributed by atoms with Gasteiger partial charge in [-0.3, -0.25) is 9.12 Å². The van der Waals surface area contributed by atoms with Gasteiger partial charge < -0.3 is 0 Å². The van der Waals surface area contributed by atoms with Gasteiger partial charge in [0.25, 0.3) is 10.0 Å². The number of hydrogen-bond acceptors (Lipinski definition) is 5. The third-order valence-electron chi connectivity index (χ3n) is 3.34. The van der Waals surface area contributed by atoms with Crippen molar-refractivity contribution < 1.29 is 8.42 Å². The molecule has 0 aliphatic carbocycles. The smallest absolute Gasteiger partial charge is 0.271 e. The minimum absolute atomic E-state index is 0.186. The highest BCUT2D eigenvalue weighted by atomic mass is 35.5. The molecule has 0 spiro atoms. The zero-order valence-corrected chi connectivity index (χ0v) is 15.2. The molecular formula is C15H10ClN3O2S3. The molecule has 0 bridgehead atoms. The second kappa shape index (κ2) is 5.89. The normalized spacial score (nSPS) is 11.9. The van der Waals surface area contributed by atoms with E-state index < -0.39 is 10.0 Å². The average molecular weight is 396 g/mol. The number of hydrogen-bond donors (Lipinski definition) is 1. The van der Waals surface area contributed by atoms with E-state index in [9.17, 15) is 8.42 Å². The lowest BCUT2D eigenvalue weighted by Crippen LogP contribution is -2.11. The first-order valence-electron chi connectivity index (χ1n) is 6.82. The van der Waals surface area contributed by atoms with Crippen molar-refractivity contribution in [2.75, 3.05) is 4.72 Å². The number of nitrogens with zero attached hydrogens (tertiary/aromatic N) is 2. The van der Waals surface area contributed by atoms with Crippen LogP contribution in [0.25, 0.3) is 16.2 Å². The molecule has 0 saturated carbocycles. The first-order chi connectivity index (χ1) is 11.5. The standard InChI is InChI=1S/C15H10ClN3O2S3/c16-13-5-6-14(23-13)24(20,21)18-11-3-1-10(2-4-11)12-9-19-7-8-22-15(19)17-12/h1-9,18H. The van der Waals surface area contributed by atoms with Gasteiger partial charge in [0.2, 0.25) is 0 Å². The molecule has 1 N–H and O–H groups in total. The first-order valence-corrected chi connectivity index (χ1v) is 10.4. The third kappa shape index (κ3) is 2.93. The Bertz CT molecular complexity index is 1080. The molecule has 0 atom stereocenters. The Balaban J connectivity index is 1.58. The highest BCUT2D eigenvalue weighted by Crippen LogP contribution is 2.28. The zero-order valence-electron chi connectivity index (χ0n) is 12.0. The van der Waals surface area contributed by atoms with E-state index in [0.717, 1.165) is 27.6 Å². The monoisotopic (exact) mass is 395 g/mol. The molecule has 4 aromatic rings. The number of anilines is 1. The van der Waals surface area contributed by atoms with Gasteiger partial charge in [-0.25, -0.2) is 13.4 Å². The molecule has 5 nitrogen and oxygen atoms in total. The van der Waals surface area contributed by atoms with Gasteiger partial charge in [0.15, 0.2) is 4.96 Å². The van der Waals surface area contributed by atoms with Crippen molar-refractivity contribution in [3.05, 3.63) is 58.5 Å². The van der Waals surface area contributed by atoms with Crippen molar-refractivity contribution in [3.8, 4) is 11.3 Å². The van der Waals surface area contributed by atoms with Crippen LogP contribution in [0.4, 0.5) is 5.69 Å². The average Bonchev–Trinajstić information content (AvgIpc) is 3.23. The fourth-order valence-electron chi connectivity index (χ4n) is 2.22. The fourth-order valence-corrected chi connectivity index (χ4v) is 5.46. The van der Waals surface area contributed by atoms with Crippen LogP contribution < -0.4 is 4.72 Å². The number of thiazole rings is 1. The predicted molar refractivity (Wildman–Crippen MR) is 98.6 cm³/mol. The summed E-state index contributed by atoms with van der Waals surface area (Å²) in [6, 6.07) is 10.2. The van der Waals surface area contributed by atoms with Crippen LogP contribution >= 0.6 is 34.3 Å². The SMILES string of the molecule is O=S(=O)(Nc1ccc(-c2cn3ccsc3n2)cc1)c1ccc(Cl)s1. The summed E-state index contributed by atoms with van der Waals surface area (Å²) in [5.41, 5.74) is 2.26. The number of sulfonamides is 1. The van der Waals surface area contributed by atoms with Crippen molar-refractivity contribution in [2.45, 2.75) is 4.21 Å². The molecule has 3 aromatic heterocycles. The van der Waals surface area contributed by atoms with Gasteiger partial charge in [0, 0.05) is 29.0 Å². The maximum Gasteiger partial charge on any atom is 0.271 e. The van der Waals surface area contributed by atoms with E-state index in [1.54, 1.807) is 29.5 Å². The van der Waals surface area contributed by atoms with E-state index in [-0.39, 0.29) is 4.21 Å². The van der Waals surface area contributed by atoms with Crippen LogP contribution in [0.1, 0.15) is 0 Å². The Morgan fingerprint density at radius 1 is 1.12 bits per heavy atom. The fraction of sp³-hybridized carbons (Fsp3) is 0. The maximum atomic E-state index is 12.3. The highest BCUT2D eigenvalue weighted by Gasteiger charge is 2.16. The lowest BCUT2D eigenvalue weighted by atomic mass is 10.1. The summed E-state index contributed by atoms with van der Waals surface area (Å²) >= 11 is 8.39. The van der Waals surface area contributed by atoms with E-state index in [4.69, 9.17) is 11.6 Å². The van der Waals surface area contributed by atoms with Crippen LogP contribution in [0.3, 0.4) is 0 Å². The largest absolute Gasteiger partial charge is 0.297 e. The van der Waals surface area contributed by atoms with Crippen LogP contribution in [0.5, 0.6) is 0 Å². The molecule has 3 heterocycles. The van der Waals surface area contributed by atoms with Crippen molar-refractivity contribution in [1.82, 2.24) is 9.38 Å². The minimum atomic E-state index is -3.62. The number of nitrogens with one attached hydrogen (secondary N) is 1. The van der Waals surface area contributed by atoms with Crippen molar-refractivity contribution >= 4 is 54.9 Å². The quantitative estimate of drug-likeness (QED) is 0.550. The lowest BCUT2D eigenvalue weighted by Gasteiger charge is -2.06. The van der Waals surface area contributed by atoms with E-state index in [0.29, 0.717) is 10.0 Å². The van der Waals surface area contributed by atoms with Gasteiger partial charge in [-0.15, -0.1) is 22.7 Å². The molecule has 0 saturated heterocycles. The second-order valence-electron chi connectivity index (χ2n) is 4.96. The molecule has 0 aliphatic rings. The second-order valence-corrected chi connectivity index (χ2v) is 9.46. The maximum absolute atomic E-state index is 12.3. The molecule has 1 aromatic carbocycles. The number of aromatic nitrogens is 2. The molecule has 9 heteroatoms. The van der Waals surface area contributed by atoms with Gasteiger partial charge >= 0.3 is 0 Å². The van der Waals surface area contributed by atoms with Gasteiger partial charge in [-0.05, 0) is 24.3 Å². The number of thiophene rings is 1. The Morgan fingerprint density at radius 2 is 1.92 bits per heavy atom. The van der Waals surface area contributed by atoms with Gasteiger partial charge in [-0.1, -0.05) is 23.7 Å². The molecule has 0 amide bonds. The van der Waals surface area contributed by atoms with Crippen molar-refractivity contribution in [3.63, 3.8) is 0 Å². The molecule has 0 fully saturated rings. The summed E-state index contributed by atoms with van der Waals surface area (Å²) in [6.45, 7) is 0. The number of halogens is 1. The Labute approximate surface area is 151 Å². The Morgan fingerprint density at radius 3 is 2.58 bits per heavy atom. The Hall–Kier alpha value is -1.87. The summed E-state index contributed by atoms with van der Waals surface area (Å²) in [7, 11) is -3.62. The molecule has 24 heavy (non-hydrogen) atoms. The van der Waals surface area contributed by atoms with Crippen LogP contribution in [0.15, 0.2) is 58.4 Å². The molecule has 0 radical (unpaired) electrons. The van der Waals surface area contributed by atoms with Crippen LogP contribution in [-0.4, -0.2) is 17.8 Å². The Kier molecular flexibility index (Phi) is 3.84. The van der Waals surface area contributed by atoms with Crippen molar-refractivity contribution in [2.24, 2.45) is 0 Å². The summed E-state index contributed by atoms with van der Waals surface area (Å²) < 4.78 is 29.7. The van der Waals surface area contributed by atoms with E-state index in [1.165, 1.54) is 6.07 Å². The number of fused-ring (bicyclic) bond motifs is 1. The number of benzene rings is 1. The number of imidazole rings is 1. The molecule has 4 rings (SSSR count). The minimum Gasteiger partial charge on any atom is -0.297 e. The van der Waals surface area contributed by atoms with Crippen LogP contribution in [0.2, 0.25) is 4.34 Å². The molecular weight excluding hydrogens is 386 g/mol. The summed E-state index contributed by atoms with van der Waals surface area (Å²) in [5.74, 6) is 0. The van der Waals surface area contributed by atoms with Crippen molar-refractivity contribution in [1.29, 1.82) is 0 Å². The molecule has 122 valence electrons. The van der Waals surface area contributed by atoms with Gasteiger partial charge in [0.1, 0.15) is 4.21 Å².